The number of carbonyl (C=O) groups is 1. The van der Waals surface area contributed by atoms with Crippen LogP contribution in [0, 0.1) is 11.3 Å². The molecule has 0 spiro atoms. The van der Waals surface area contributed by atoms with Gasteiger partial charge < -0.3 is 9.63 Å². The van der Waals surface area contributed by atoms with Crippen molar-refractivity contribution in [2.45, 2.75) is 30.2 Å². The number of thioether (sulfide) groups is 1. The first kappa shape index (κ1) is 21.9. The molecule has 0 aliphatic heterocycles. The summed E-state index contributed by atoms with van der Waals surface area (Å²) >= 11 is 1.16. The first-order chi connectivity index (χ1) is 16.6. The van der Waals surface area contributed by atoms with Gasteiger partial charge in [-0.3, -0.25) is 4.79 Å². The van der Waals surface area contributed by atoms with Crippen LogP contribution in [0.4, 0.5) is 0 Å². The highest BCUT2D eigenvalue weighted by Gasteiger charge is 2.28. The molecule has 0 N–H and O–H groups in total. The van der Waals surface area contributed by atoms with Crippen LogP contribution in [0.3, 0.4) is 0 Å². The summed E-state index contributed by atoms with van der Waals surface area (Å²) in [5.41, 5.74) is 4.18. The summed E-state index contributed by atoms with van der Waals surface area (Å²) in [5.74, 6) is -0.885. The van der Waals surface area contributed by atoms with E-state index in [0.29, 0.717) is 22.2 Å². The molecule has 5 rings (SSSR count). The lowest BCUT2D eigenvalue weighted by molar-refractivity contribution is -0.672. The molecule has 4 aromatic rings. The monoisotopic (exact) mass is 468 g/mol. The molecule has 0 saturated carbocycles. The molecule has 2 aromatic heterocycles. The van der Waals surface area contributed by atoms with Gasteiger partial charge in [0.1, 0.15) is 11.1 Å². The predicted octanol–water partition coefficient (Wildman–Crippen LogP) is 3.54. The van der Waals surface area contributed by atoms with Crippen molar-refractivity contribution in [1.29, 1.82) is 5.26 Å². The number of fused-ring (bicyclic) bond motifs is 1. The maximum absolute atomic E-state index is 12.9. The second kappa shape index (κ2) is 9.49. The number of Topliss-reactive ketones (excluding diaryl/α,β-unsaturated/α-hetero) is 1. The highest BCUT2D eigenvalue weighted by molar-refractivity contribution is 8.00. The van der Waals surface area contributed by atoms with Gasteiger partial charge in [-0.05, 0) is 47.1 Å². The number of nitriles is 1. The predicted molar refractivity (Wildman–Crippen MR) is 123 cm³/mol. The third-order valence-corrected chi connectivity index (χ3v) is 6.95. The van der Waals surface area contributed by atoms with Crippen molar-refractivity contribution in [2.75, 3.05) is 5.75 Å². The number of nitrogens with zero attached hydrogens (tertiary/aromatic N) is 4. The Bertz CT molecular complexity index is 1380. The second-order valence-corrected chi connectivity index (χ2v) is 9.04. The largest absolute Gasteiger partial charge is 0.539 e. The molecular weight excluding hydrogens is 448 g/mol. The van der Waals surface area contributed by atoms with Gasteiger partial charge >= 0.3 is 5.69 Å². The topological polar surface area (TPSA) is 107 Å². The fourth-order valence-electron chi connectivity index (χ4n) is 4.27. The molecule has 0 bridgehead atoms. The highest BCUT2D eigenvalue weighted by Crippen LogP contribution is 2.34. The number of aryl methyl sites for hydroxylation is 1. The quantitative estimate of drug-likeness (QED) is 0.242. The van der Waals surface area contributed by atoms with Crippen LogP contribution in [-0.4, -0.2) is 21.8 Å². The molecule has 1 aliphatic carbocycles. The summed E-state index contributed by atoms with van der Waals surface area (Å²) in [4.78, 5) is 17.7. The minimum Gasteiger partial charge on any atom is -0.539 e. The van der Waals surface area contributed by atoms with Crippen LogP contribution in [0.15, 0.2) is 76.3 Å². The fourth-order valence-corrected chi connectivity index (χ4v) is 5.11. The van der Waals surface area contributed by atoms with Gasteiger partial charge in [-0.1, -0.05) is 60.3 Å². The fraction of sp³-hybridized carbons (Fsp3) is 0.192. The third-order valence-electron chi connectivity index (χ3n) is 5.96. The Balaban J connectivity index is 1.35. The van der Waals surface area contributed by atoms with Crippen molar-refractivity contribution < 1.29 is 19.1 Å². The van der Waals surface area contributed by atoms with Crippen molar-refractivity contribution in [3.05, 3.63) is 94.8 Å². The molecule has 2 heterocycles. The number of para-hydroxylation sites is 1. The summed E-state index contributed by atoms with van der Waals surface area (Å²) < 4.78 is 5.96. The number of benzene rings is 2. The third kappa shape index (κ3) is 4.30. The summed E-state index contributed by atoms with van der Waals surface area (Å²) in [5, 5.41) is 26.1. The van der Waals surface area contributed by atoms with Gasteiger partial charge in [0.15, 0.2) is 5.95 Å². The Morgan fingerprint density at radius 1 is 1.18 bits per heavy atom. The van der Waals surface area contributed by atoms with Crippen molar-refractivity contribution in [3.63, 3.8) is 0 Å². The molecule has 1 aliphatic rings. The van der Waals surface area contributed by atoms with E-state index in [2.05, 4.69) is 23.5 Å². The minimum atomic E-state index is -0.791. The molecule has 0 fully saturated rings. The second-order valence-electron chi connectivity index (χ2n) is 8.08. The van der Waals surface area contributed by atoms with Gasteiger partial charge in [0.05, 0.1) is 16.6 Å². The van der Waals surface area contributed by atoms with E-state index < -0.39 is 11.7 Å². The van der Waals surface area contributed by atoms with Crippen LogP contribution >= 0.6 is 11.8 Å². The van der Waals surface area contributed by atoms with Gasteiger partial charge in [-0.2, -0.15) is 5.26 Å². The van der Waals surface area contributed by atoms with E-state index in [-0.39, 0.29) is 11.4 Å². The average Bonchev–Trinajstić information content (AvgIpc) is 3.28. The Hall–Kier alpha value is -3.96. The lowest BCUT2D eigenvalue weighted by Crippen LogP contribution is -2.39. The summed E-state index contributed by atoms with van der Waals surface area (Å²) in [6.45, 7) is 0. The van der Waals surface area contributed by atoms with Crippen LogP contribution in [0.5, 0.6) is 5.95 Å². The molecule has 0 amide bonds. The molecular formula is C26H20N4O3S. The normalized spacial score (nSPS) is 14.9. The van der Waals surface area contributed by atoms with Crippen molar-refractivity contribution in [3.8, 4) is 17.7 Å². The average molecular weight is 469 g/mol. The molecule has 34 heavy (non-hydrogen) atoms. The van der Waals surface area contributed by atoms with Gasteiger partial charge in [0.25, 0.3) is 0 Å². The maximum Gasteiger partial charge on any atom is 0.307 e. The van der Waals surface area contributed by atoms with E-state index in [4.69, 9.17) is 9.51 Å². The SMILES string of the molecule is N#Cc1cc2c(nc1SCC(=O)c1c([O-])on[n+]1-c1ccccc1)CCC(c1ccccc1)C2. The molecule has 0 saturated heterocycles. The zero-order valence-corrected chi connectivity index (χ0v) is 19.0. The highest BCUT2D eigenvalue weighted by atomic mass is 32.2. The van der Waals surface area contributed by atoms with E-state index in [1.807, 2.05) is 30.3 Å². The number of hydrogen-bond acceptors (Lipinski definition) is 7. The molecule has 1 unspecified atom stereocenters. The summed E-state index contributed by atoms with van der Waals surface area (Å²) in [6.07, 6.45) is 2.63. The lowest BCUT2D eigenvalue weighted by atomic mass is 9.82. The molecule has 1 atom stereocenters. The van der Waals surface area contributed by atoms with Crippen LogP contribution in [0.1, 0.15) is 45.2 Å². The molecule has 7 nitrogen and oxygen atoms in total. The van der Waals surface area contributed by atoms with Crippen molar-refractivity contribution in [1.82, 2.24) is 10.3 Å². The van der Waals surface area contributed by atoms with Gasteiger partial charge in [0, 0.05) is 17.8 Å². The maximum atomic E-state index is 12.9. The van der Waals surface area contributed by atoms with Gasteiger partial charge in [0.2, 0.25) is 11.5 Å². The van der Waals surface area contributed by atoms with Crippen LogP contribution < -0.4 is 9.79 Å². The van der Waals surface area contributed by atoms with E-state index in [1.54, 1.807) is 24.3 Å². The Morgan fingerprint density at radius 2 is 1.91 bits per heavy atom. The first-order valence-electron chi connectivity index (χ1n) is 10.9. The van der Waals surface area contributed by atoms with Crippen LogP contribution in [-0.2, 0) is 12.8 Å². The van der Waals surface area contributed by atoms with Crippen LogP contribution in [0.25, 0.3) is 5.69 Å². The summed E-state index contributed by atoms with van der Waals surface area (Å²) in [6, 6.07) is 23.3. The number of carbonyl (C=O) groups excluding carboxylic acids is 1. The standard InChI is InChI=1S/C26H20N4O3S/c27-15-20-14-19-13-18(17-7-3-1-4-8-17)11-12-22(19)28-25(20)34-16-23(31)24-26(32)33-29-30(24)21-9-5-2-6-10-21/h1-10,14,18H,11-13,16H2. The Labute approximate surface area is 200 Å². The van der Waals surface area contributed by atoms with Gasteiger partial charge in [-0.25, -0.2) is 4.98 Å². The number of rotatable bonds is 6. The number of hydrogen-bond donors (Lipinski definition) is 0. The number of aromatic nitrogens is 3. The Morgan fingerprint density at radius 3 is 2.65 bits per heavy atom. The number of ketones is 1. The van der Waals surface area contributed by atoms with E-state index in [9.17, 15) is 15.2 Å². The molecule has 0 radical (unpaired) electrons. The lowest BCUT2D eigenvalue weighted by Gasteiger charge is -2.25. The van der Waals surface area contributed by atoms with Gasteiger partial charge in [-0.15, -0.1) is 0 Å². The summed E-state index contributed by atoms with van der Waals surface area (Å²) in [7, 11) is 0. The van der Waals surface area contributed by atoms with Crippen molar-refractivity contribution >= 4 is 17.5 Å². The zero-order valence-electron chi connectivity index (χ0n) is 18.2. The first-order valence-corrected chi connectivity index (χ1v) is 11.9. The van der Waals surface area contributed by atoms with E-state index in [0.717, 1.165) is 42.3 Å². The minimum absolute atomic E-state index is 0.0591. The number of pyridine rings is 1. The Kier molecular flexibility index (Phi) is 6.11. The molecule has 8 heteroatoms. The van der Waals surface area contributed by atoms with Crippen molar-refractivity contribution in [2.24, 2.45) is 0 Å². The molecule has 168 valence electrons. The smallest absolute Gasteiger partial charge is 0.307 e. The molecule has 2 aromatic carbocycles. The van der Waals surface area contributed by atoms with E-state index >= 15 is 0 Å². The van der Waals surface area contributed by atoms with E-state index in [1.165, 1.54) is 10.2 Å². The van der Waals surface area contributed by atoms with Crippen LogP contribution in [0.2, 0.25) is 0 Å². The zero-order chi connectivity index (χ0) is 23.5.